The molecule has 0 N–H and O–H groups in total. The highest BCUT2D eigenvalue weighted by molar-refractivity contribution is 6.07. The molecule has 128 valence electrons. The smallest absolute Gasteiger partial charge is 0.307 e. The molecule has 1 aliphatic heterocycles. The van der Waals surface area contributed by atoms with E-state index < -0.39 is 0 Å². The molecule has 1 fully saturated rings. The lowest BCUT2D eigenvalue weighted by Gasteiger charge is -2.35. The molecule has 5 nitrogen and oxygen atoms in total. The molecular formula is C19H24N2O3. The maximum atomic E-state index is 13.1. The van der Waals surface area contributed by atoms with Crippen molar-refractivity contribution in [2.75, 3.05) is 13.2 Å². The molecule has 0 radical (unpaired) electrons. The van der Waals surface area contributed by atoms with E-state index >= 15 is 0 Å². The van der Waals surface area contributed by atoms with E-state index in [0.29, 0.717) is 18.7 Å². The first-order chi connectivity index (χ1) is 11.6. The SMILES string of the molecule is CCOC(=O)C[C@@H]1CCCCN1C(=O)c1cn(C)c2ccccc12. The van der Waals surface area contributed by atoms with Gasteiger partial charge in [-0.2, -0.15) is 0 Å². The van der Waals surface area contributed by atoms with Crippen LogP contribution < -0.4 is 0 Å². The molecule has 0 saturated carbocycles. The molecule has 24 heavy (non-hydrogen) atoms. The summed E-state index contributed by atoms with van der Waals surface area (Å²) in [7, 11) is 1.95. The Labute approximate surface area is 142 Å². The first-order valence-corrected chi connectivity index (χ1v) is 8.62. The van der Waals surface area contributed by atoms with Gasteiger partial charge >= 0.3 is 5.97 Å². The Bertz CT molecular complexity index is 750. The molecule has 1 atom stereocenters. The quantitative estimate of drug-likeness (QED) is 0.810. The predicted octanol–water partition coefficient (Wildman–Crippen LogP) is 3.13. The molecule has 0 spiro atoms. The number of piperidine rings is 1. The lowest BCUT2D eigenvalue weighted by atomic mass is 9.98. The van der Waals surface area contributed by atoms with Gasteiger partial charge in [0.2, 0.25) is 0 Å². The number of rotatable bonds is 4. The summed E-state index contributed by atoms with van der Waals surface area (Å²) in [5.74, 6) is -0.207. The standard InChI is InChI=1S/C19H24N2O3/c1-3-24-18(22)12-14-8-6-7-11-21(14)19(23)16-13-20(2)17-10-5-4-9-15(16)17/h4-5,9-10,13-14H,3,6-8,11-12H2,1-2H3/t14-/m0/s1. The first-order valence-electron chi connectivity index (χ1n) is 8.62. The van der Waals surface area contributed by atoms with Crippen LogP contribution in [0.4, 0.5) is 0 Å². The van der Waals surface area contributed by atoms with Gasteiger partial charge in [-0.05, 0) is 32.3 Å². The number of hydrogen-bond acceptors (Lipinski definition) is 3. The van der Waals surface area contributed by atoms with E-state index in [1.54, 1.807) is 6.92 Å². The predicted molar refractivity (Wildman–Crippen MR) is 92.8 cm³/mol. The van der Waals surface area contributed by atoms with Crippen LogP contribution in [0.2, 0.25) is 0 Å². The second kappa shape index (κ2) is 7.07. The van der Waals surface area contributed by atoms with Gasteiger partial charge in [-0.1, -0.05) is 18.2 Å². The molecule has 0 bridgehead atoms. The zero-order chi connectivity index (χ0) is 17.1. The number of carbonyl (C=O) groups excluding carboxylic acids is 2. The van der Waals surface area contributed by atoms with E-state index in [0.717, 1.165) is 30.2 Å². The molecule has 1 amide bonds. The van der Waals surface area contributed by atoms with Crippen LogP contribution >= 0.6 is 0 Å². The average Bonchev–Trinajstić information content (AvgIpc) is 2.92. The van der Waals surface area contributed by atoms with Crippen LogP contribution in [-0.4, -0.2) is 40.5 Å². The number of likely N-dealkylation sites (tertiary alicyclic amines) is 1. The van der Waals surface area contributed by atoms with Crippen LogP contribution in [0.5, 0.6) is 0 Å². The second-order valence-electron chi connectivity index (χ2n) is 6.33. The average molecular weight is 328 g/mol. The highest BCUT2D eigenvalue weighted by atomic mass is 16.5. The Hall–Kier alpha value is -2.30. The Balaban J connectivity index is 1.87. The Morgan fingerprint density at radius 1 is 1.25 bits per heavy atom. The van der Waals surface area contributed by atoms with Gasteiger partial charge in [-0.3, -0.25) is 9.59 Å². The topological polar surface area (TPSA) is 51.5 Å². The maximum absolute atomic E-state index is 13.1. The normalized spacial score (nSPS) is 17.9. The van der Waals surface area contributed by atoms with Crippen LogP contribution in [0.1, 0.15) is 43.0 Å². The summed E-state index contributed by atoms with van der Waals surface area (Å²) in [5.41, 5.74) is 1.75. The third-order valence-electron chi connectivity index (χ3n) is 4.72. The van der Waals surface area contributed by atoms with Crippen molar-refractivity contribution in [2.24, 2.45) is 7.05 Å². The fourth-order valence-corrected chi connectivity index (χ4v) is 3.56. The van der Waals surface area contributed by atoms with Crippen LogP contribution in [0.25, 0.3) is 10.9 Å². The molecule has 0 unspecified atom stereocenters. The first kappa shape index (κ1) is 16.6. The molecule has 1 aliphatic rings. The van der Waals surface area contributed by atoms with Gasteiger partial charge in [-0.25, -0.2) is 0 Å². The molecule has 3 rings (SSSR count). The number of nitrogens with zero attached hydrogens (tertiary/aromatic N) is 2. The van der Waals surface area contributed by atoms with Crippen molar-refractivity contribution in [2.45, 2.75) is 38.6 Å². The lowest BCUT2D eigenvalue weighted by molar-refractivity contribution is -0.144. The van der Waals surface area contributed by atoms with Crippen LogP contribution in [0.3, 0.4) is 0 Å². The second-order valence-corrected chi connectivity index (χ2v) is 6.33. The summed E-state index contributed by atoms with van der Waals surface area (Å²) in [6.07, 6.45) is 5.06. The Kier molecular flexibility index (Phi) is 4.88. The largest absolute Gasteiger partial charge is 0.466 e. The minimum absolute atomic E-state index is 0.0146. The van der Waals surface area contributed by atoms with Crippen molar-refractivity contribution >= 4 is 22.8 Å². The zero-order valence-electron chi connectivity index (χ0n) is 14.3. The molecule has 5 heteroatoms. The third-order valence-corrected chi connectivity index (χ3v) is 4.72. The summed E-state index contributed by atoms with van der Waals surface area (Å²) >= 11 is 0. The van der Waals surface area contributed by atoms with Crippen LogP contribution in [0.15, 0.2) is 30.5 Å². The van der Waals surface area contributed by atoms with E-state index in [1.807, 2.05) is 47.0 Å². The van der Waals surface area contributed by atoms with Crippen molar-refractivity contribution in [3.8, 4) is 0 Å². The fourth-order valence-electron chi connectivity index (χ4n) is 3.56. The van der Waals surface area contributed by atoms with E-state index in [2.05, 4.69) is 0 Å². The monoisotopic (exact) mass is 328 g/mol. The van der Waals surface area contributed by atoms with Gasteiger partial charge in [0.1, 0.15) is 0 Å². The molecule has 1 saturated heterocycles. The number of hydrogen-bond donors (Lipinski definition) is 0. The van der Waals surface area contributed by atoms with Crippen molar-refractivity contribution in [3.63, 3.8) is 0 Å². The van der Waals surface area contributed by atoms with Crippen LogP contribution in [0, 0.1) is 0 Å². The zero-order valence-corrected chi connectivity index (χ0v) is 14.3. The number of benzene rings is 1. The van der Waals surface area contributed by atoms with Crippen molar-refractivity contribution in [1.29, 1.82) is 0 Å². The van der Waals surface area contributed by atoms with Gasteiger partial charge in [0.25, 0.3) is 5.91 Å². The molecule has 0 aliphatic carbocycles. The summed E-state index contributed by atoms with van der Waals surface area (Å²) in [6.45, 7) is 2.88. The number of aryl methyl sites for hydroxylation is 1. The number of fused-ring (bicyclic) bond motifs is 1. The summed E-state index contributed by atoms with van der Waals surface area (Å²) in [5, 5.41) is 0.963. The summed E-state index contributed by atoms with van der Waals surface area (Å²) in [4.78, 5) is 26.9. The Morgan fingerprint density at radius 3 is 2.83 bits per heavy atom. The number of para-hydroxylation sites is 1. The number of aromatic nitrogens is 1. The molecule has 2 heterocycles. The third kappa shape index (κ3) is 3.16. The van der Waals surface area contributed by atoms with E-state index in [9.17, 15) is 9.59 Å². The van der Waals surface area contributed by atoms with Crippen molar-refractivity contribution in [1.82, 2.24) is 9.47 Å². The minimum atomic E-state index is -0.222. The van der Waals surface area contributed by atoms with Gasteiger partial charge in [0.15, 0.2) is 0 Å². The highest BCUT2D eigenvalue weighted by Crippen LogP contribution is 2.26. The van der Waals surface area contributed by atoms with Crippen molar-refractivity contribution < 1.29 is 14.3 Å². The van der Waals surface area contributed by atoms with E-state index in [1.165, 1.54) is 0 Å². The highest BCUT2D eigenvalue weighted by Gasteiger charge is 2.30. The number of esters is 1. The van der Waals surface area contributed by atoms with Gasteiger partial charge in [-0.15, -0.1) is 0 Å². The molecular weight excluding hydrogens is 304 g/mol. The van der Waals surface area contributed by atoms with E-state index in [4.69, 9.17) is 4.74 Å². The summed E-state index contributed by atoms with van der Waals surface area (Å²) in [6, 6.07) is 7.85. The number of amides is 1. The van der Waals surface area contributed by atoms with Crippen LogP contribution in [-0.2, 0) is 16.6 Å². The maximum Gasteiger partial charge on any atom is 0.307 e. The fraction of sp³-hybridized carbons (Fsp3) is 0.474. The Morgan fingerprint density at radius 2 is 2.04 bits per heavy atom. The van der Waals surface area contributed by atoms with E-state index in [-0.39, 0.29) is 24.3 Å². The van der Waals surface area contributed by atoms with Gasteiger partial charge in [0, 0.05) is 36.7 Å². The molecule has 1 aromatic heterocycles. The molecule has 2 aromatic rings. The van der Waals surface area contributed by atoms with Gasteiger partial charge in [0.05, 0.1) is 18.6 Å². The number of ether oxygens (including phenoxy) is 1. The van der Waals surface area contributed by atoms with Gasteiger partial charge < -0.3 is 14.2 Å². The number of carbonyl (C=O) groups is 2. The minimum Gasteiger partial charge on any atom is -0.466 e. The summed E-state index contributed by atoms with van der Waals surface area (Å²) < 4.78 is 7.05. The lowest BCUT2D eigenvalue weighted by Crippen LogP contribution is -2.44. The van der Waals surface area contributed by atoms with Crippen molar-refractivity contribution in [3.05, 3.63) is 36.0 Å². The molecule has 1 aromatic carbocycles.